The van der Waals surface area contributed by atoms with Crippen molar-refractivity contribution in [3.63, 3.8) is 0 Å². The van der Waals surface area contributed by atoms with Crippen LogP contribution in [-0.2, 0) is 23.0 Å². The third-order valence-electron chi connectivity index (χ3n) is 3.70. The smallest absolute Gasteiger partial charge is 0.338 e. The molecule has 120 valence electrons. The minimum atomic E-state index is -0.392. The lowest BCUT2D eigenvalue weighted by molar-refractivity contribution is -0.117. The lowest BCUT2D eigenvalue weighted by atomic mass is 10.2. The second kappa shape index (κ2) is 6.64. The van der Waals surface area contributed by atoms with Crippen LogP contribution in [0.2, 0.25) is 0 Å². The molecule has 1 aromatic heterocycles. The molecule has 0 radical (unpaired) electrons. The van der Waals surface area contributed by atoms with Crippen LogP contribution in [0.4, 0.5) is 5.69 Å². The molecule has 1 aromatic carbocycles. The summed E-state index contributed by atoms with van der Waals surface area (Å²) in [5.41, 5.74) is 2.08. The molecule has 6 heteroatoms. The van der Waals surface area contributed by atoms with Crippen LogP contribution >= 0.6 is 0 Å². The van der Waals surface area contributed by atoms with E-state index in [1.54, 1.807) is 35.1 Å². The highest BCUT2D eigenvalue weighted by Crippen LogP contribution is 2.30. The normalized spacial score (nSPS) is 13.6. The summed E-state index contributed by atoms with van der Waals surface area (Å²) >= 11 is 0. The summed E-state index contributed by atoms with van der Waals surface area (Å²) < 4.78 is 6.98. The first-order valence-electron chi connectivity index (χ1n) is 7.67. The number of nitrogens with zero attached hydrogens (tertiary/aromatic N) is 2. The molecule has 6 nitrogen and oxygen atoms in total. The molecule has 23 heavy (non-hydrogen) atoms. The highest BCUT2D eigenvalue weighted by Gasteiger charge is 2.29. The van der Waals surface area contributed by atoms with Crippen molar-refractivity contribution >= 4 is 17.6 Å². The fourth-order valence-corrected chi connectivity index (χ4v) is 2.26. The van der Waals surface area contributed by atoms with Crippen molar-refractivity contribution in [1.29, 1.82) is 0 Å². The van der Waals surface area contributed by atoms with Gasteiger partial charge in [-0.2, -0.15) is 5.10 Å². The highest BCUT2D eigenvalue weighted by atomic mass is 16.5. The van der Waals surface area contributed by atoms with Crippen LogP contribution in [0.5, 0.6) is 0 Å². The van der Waals surface area contributed by atoms with Crippen molar-refractivity contribution in [2.75, 3.05) is 11.9 Å². The number of carbonyl (C=O) groups excluding carboxylic acids is 2. The second-order valence-electron chi connectivity index (χ2n) is 5.75. The number of benzene rings is 1. The van der Waals surface area contributed by atoms with E-state index in [1.807, 2.05) is 13.2 Å². The molecule has 0 bridgehead atoms. The van der Waals surface area contributed by atoms with E-state index in [-0.39, 0.29) is 11.8 Å². The molecule has 0 atom stereocenters. The molecule has 3 rings (SSSR count). The Labute approximate surface area is 134 Å². The van der Waals surface area contributed by atoms with Gasteiger partial charge in [-0.25, -0.2) is 4.79 Å². The third kappa shape index (κ3) is 4.18. The molecular formula is C17H19N3O3. The van der Waals surface area contributed by atoms with Gasteiger partial charge in [0.2, 0.25) is 5.91 Å². The van der Waals surface area contributed by atoms with E-state index in [0.717, 1.165) is 18.4 Å². The average Bonchev–Trinajstić information content (AvgIpc) is 3.31. The fraction of sp³-hybridized carbons (Fsp3) is 0.353. The van der Waals surface area contributed by atoms with Gasteiger partial charge in [-0.15, -0.1) is 0 Å². The lowest BCUT2D eigenvalue weighted by Crippen LogP contribution is -2.14. The van der Waals surface area contributed by atoms with Crippen molar-refractivity contribution in [2.45, 2.75) is 19.3 Å². The molecule has 1 N–H and O–H groups in total. The summed E-state index contributed by atoms with van der Waals surface area (Å²) in [6, 6.07) is 6.83. The van der Waals surface area contributed by atoms with Gasteiger partial charge in [0.25, 0.3) is 0 Å². The van der Waals surface area contributed by atoms with Crippen molar-refractivity contribution in [3.05, 3.63) is 47.8 Å². The number of carbonyl (C=O) groups is 2. The molecule has 0 saturated heterocycles. The maximum Gasteiger partial charge on any atom is 0.338 e. The van der Waals surface area contributed by atoms with E-state index < -0.39 is 5.97 Å². The first-order chi connectivity index (χ1) is 11.1. The third-order valence-corrected chi connectivity index (χ3v) is 3.70. The Morgan fingerprint density at radius 2 is 2.22 bits per heavy atom. The number of anilines is 1. The fourth-order valence-electron chi connectivity index (χ4n) is 2.26. The van der Waals surface area contributed by atoms with E-state index in [9.17, 15) is 9.59 Å². The summed E-state index contributed by atoms with van der Waals surface area (Å²) in [4.78, 5) is 23.8. The predicted octanol–water partition coefficient (Wildman–Crippen LogP) is 2.17. The van der Waals surface area contributed by atoms with Crippen LogP contribution in [0.15, 0.2) is 36.7 Å². The maximum absolute atomic E-state index is 12.1. The van der Waals surface area contributed by atoms with E-state index in [4.69, 9.17) is 4.74 Å². The van der Waals surface area contributed by atoms with Gasteiger partial charge in [0.15, 0.2) is 0 Å². The molecule has 0 aliphatic heterocycles. The molecule has 0 spiro atoms. The molecule has 1 aliphatic carbocycles. The Balaban J connectivity index is 1.53. The van der Waals surface area contributed by atoms with Gasteiger partial charge in [-0.05, 0) is 36.6 Å². The molecule has 2 aromatic rings. The number of rotatable bonds is 6. The maximum atomic E-state index is 12.1. The minimum absolute atomic E-state index is 0.0205. The van der Waals surface area contributed by atoms with Crippen LogP contribution in [0, 0.1) is 5.92 Å². The SMILES string of the molecule is Cn1cc(CCOC(=O)c2cccc(NC(=O)C3CC3)c2)cn1. The van der Waals surface area contributed by atoms with Crippen molar-refractivity contribution in [3.8, 4) is 0 Å². The number of aromatic nitrogens is 2. The van der Waals surface area contributed by atoms with Crippen LogP contribution in [0.25, 0.3) is 0 Å². The Kier molecular flexibility index (Phi) is 4.41. The van der Waals surface area contributed by atoms with Crippen LogP contribution in [0.3, 0.4) is 0 Å². The standard InChI is InChI=1S/C17H19N3O3/c1-20-11-12(10-18-20)7-8-23-17(22)14-3-2-4-15(9-14)19-16(21)13-5-6-13/h2-4,9-11,13H,5-8H2,1H3,(H,19,21). The number of esters is 1. The average molecular weight is 313 g/mol. The number of hydrogen-bond acceptors (Lipinski definition) is 4. The lowest BCUT2D eigenvalue weighted by Gasteiger charge is -2.07. The van der Waals surface area contributed by atoms with Crippen molar-refractivity contribution < 1.29 is 14.3 Å². The zero-order valence-corrected chi connectivity index (χ0v) is 13.0. The van der Waals surface area contributed by atoms with Crippen molar-refractivity contribution in [1.82, 2.24) is 9.78 Å². The minimum Gasteiger partial charge on any atom is -0.462 e. The predicted molar refractivity (Wildman–Crippen MR) is 85.0 cm³/mol. The first kappa shape index (κ1) is 15.3. The number of ether oxygens (including phenoxy) is 1. The van der Waals surface area contributed by atoms with Gasteiger partial charge in [0.05, 0.1) is 18.4 Å². The zero-order valence-electron chi connectivity index (χ0n) is 13.0. The Morgan fingerprint density at radius 1 is 1.39 bits per heavy atom. The summed E-state index contributed by atoms with van der Waals surface area (Å²) in [7, 11) is 1.84. The summed E-state index contributed by atoms with van der Waals surface area (Å²) in [5, 5.41) is 6.89. The molecule has 1 saturated carbocycles. The number of amides is 1. The molecule has 1 heterocycles. The number of aryl methyl sites for hydroxylation is 1. The number of hydrogen-bond donors (Lipinski definition) is 1. The Hall–Kier alpha value is -2.63. The summed E-state index contributed by atoms with van der Waals surface area (Å²) in [6.45, 7) is 0.295. The quantitative estimate of drug-likeness (QED) is 0.830. The van der Waals surface area contributed by atoms with Gasteiger partial charge in [-0.1, -0.05) is 6.07 Å². The van der Waals surface area contributed by atoms with E-state index in [2.05, 4.69) is 10.4 Å². The van der Waals surface area contributed by atoms with Gasteiger partial charge >= 0.3 is 5.97 Å². The van der Waals surface area contributed by atoms with Crippen LogP contribution < -0.4 is 5.32 Å². The van der Waals surface area contributed by atoms with E-state index >= 15 is 0 Å². The molecular weight excluding hydrogens is 294 g/mol. The summed E-state index contributed by atoms with van der Waals surface area (Å²) in [5.74, 6) is -0.242. The van der Waals surface area contributed by atoms with Gasteiger partial charge in [0, 0.05) is 31.3 Å². The van der Waals surface area contributed by atoms with Crippen molar-refractivity contribution in [2.24, 2.45) is 13.0 Å². The topological polar surface area (TPSA) is 73.2 Å². The van der Waals surface area contributed by atoms with E-state index in [1.165, 1.54) is 0 Å². The molecule has 1 amide bonds. The summed E-state index contributed by atoms with van der Waals surface area (Å²) in [6.07, 6.45) is 6.16. The Bertz CT molecular complexity index is 719. The Morgan fingerprint density at radius 3 is 2.91 bits per heavy atom. The molecule has 1 aliphatic rings. The van der Waals surface area contributed by atoms with E-state index in [0.29, 0.717) is 24.3 Å². The largest absolute Gasteiger partial charge is 0.462 e. The molecule has 0 unspecified atom stereocenters. The highest BCUT2D eigenvalue weighted by molar-refractivity contribution is 5.96. The van der Waals surface area contributed by atoms with Crippen LogP contribution in [0.1, 0.15) is 28.8 Å². The first-order valence-corrected chi connectivity index (χ1v) is 7.67. The van der Waals surface area contributed by atoms with Gasteiger partial charge in [-0.3, -0.25) is 9.48 Å². The van der Waals surface area contributed by atoms with Gasteiger partial charge in [0.1, 0.15) is 0 Å². The second-order valence-corrected chi connectivity index (χ2v) is 5.75. The van der Waals surface area contributed by atoms with Gasteiger partial charge < -0.3 is 10.1 Å². The molecule has 1 fully saturated rings. The van der Waals surface area contributed by atoms with Crippen LogP contribution in [-0.4, -0.2) is 28.3 Å². The zero-order chi connectivity index (χ0) is 16.2. The monoisotopic (exact) mass is 313 g/mol. The number of nitrogens with one attached hydrogen (secondary N) is 1.